The molecule has 1 aliphatic carbocycles. The van der Waals surface area contributed by atoms with Gasteiger partial charge in [-0.05, 0) is 18.4 Å². The molecular weight excluding hydrogens is 298 g/mol. The fourth-order valence-corrected chi connectivity index (χ4v) is 2.88. The first-order chi connectivity index (χ1) is 8.84. The summed E-state index contributed by atoms with van der Waals surface area (Å²) in [5, 5.41) is 3.37. The third-order valence-electron chi connectivity index (χ3n) is 4.11. The fraction of sp³-hybridized carbons (Fsp3) is 0.600. The highest BCUT2D eigenvalue weighted by Crippen LogP contribution is 2.40. The van der Waals surface area contributed by atoms with E-state index in [-0.39, 0.29) is 36.7 Å². The first-order valence-corrected chi connectivity index (χ1v) is 7.04. The van der Waals surface area contributed by atoms with Gasteiger partial charge in [0.25, 0.3) is 0 Å². The molecule has 114 valence electrons. The Morgan fingerprint density at radius 1 is 1.15 bits per heavy atom. The Labute approximate surface area is 132 Å². The number of nitrogens with one attached hydrogen (secondary N) is 1. The van der Waals surface area contributed by atoms with Gasteiger partial charge in [-0.2, -0.15) is 0 Å². The summed E-state index contributed by atoms with van der Waals surface area (Å²) in [6.07, 6.45) is 3.79. The standard InChI is InChI=1S/C15H21FN2.2ClH/c16-14-4-2-1-3-13(14)15(11-12-5-6-12)18-9-7-17-8-10-18;;/h1-4,12,15,17H,5-11H2;2*1H/t15-;;/m0../s1. The third-order valence-corrected chi connectivity index (χ3v) is 4.11. The molecule has 0 bridgehead atoms. The summed E-state index contributed by atoms with van der Waals surface area (Å²) in [7, 11) is 0. The van der Waals surface area contributed by atoms with Gasteiger partial charge in [-0.15, -0.1) is 24.8 Å². The first-order valence-electron chi connectivity index (χ1n) is 7.04. The van der Waals surface area contributed by atoms with Crippen LogP contribution in [0.5, 0.6) is 0 Å². The molecule has 2 nitrogen and oxygen atoms in total. The monoisotopic (exact) mass is 320 g/mol. The lowest BCUT2D eigenvalue weighted by Gasteiger charge is -2.35. The molecule has 0 spiro atoms. The summed E-state index contributed by atoms with van der Waals surface area (Å²) in [6.45, 7) is 4.11. The van der Waals surface area contributed by atoms with Gasteiger partial charge in [-0.3, -0.25) is 4.90 Å². The zero-order chi connectivity index (χ0) is 12.4. The Balaban J connectivity index is 0.000001000. The van der Waals surface area contributed by atoms with Crippen molar-refractivity contribution in [1.82, 2.24) is 10.2 Å². The van der Waals surface area contributed by atoms with E-state index >= 15 is 0 Å². The molecule has 0 amide bonds. The van der Waals surface area contributed by atoms with Crippen LogP contribution in [0, 0.1) is 11.7 Å². The minimum absolute atomic E-state index is 0. The second-order valence-electron chi connectivity index (χ2n) is 5.50. The van der Waals surface area contributed by atoms with E-state index in [1.165, 1.54) is 12.8 Å². The van der Waals surface area contributed by atoms with Gasteiger partial charge in [0.15, 0.2) is 0 Å². The summed E-state index contributed by atoms with van der Waals surface area (Å²) in [5.74, 6) is 0.783. The van der Waals surface area contributed by atoms with Gasteiger partial charge in [-0.25, -0.2) is 4.39 Å². The Morgan fingerprint density at radius 3 is 2.40 bits per heavy atom. The number of benzene rings is 1. The van der Waals surface area contributed by atoms with Crippen LogP contribution in [0.3, 0.4) is 0 Å². The maximum atomic E-state index is 14.0. The highest BCUT2D eigenvalue weighted by Gasteiger charge is 2.31. The Bertz CT molecular complexity index is 407. The molecule has 1 N–H and O–H groups in total. The fourth-order valence-electron chi connectivity index (χ4n) is 2.88. The molecular formula is C15H23Cl2FN2. The quantitative estimate of drug-likeness (QED) is 0.914. The highest BCUT2D eigenvalue weighted by molar-refractivity contribution is 5.85. The van der Waals surface area contributed by atoms with Crippen LogP contribution >= 0.6 is 24.8 Å². The smallest absolute Gasteiger partial charge is 0.127 e. The lowest BCUT2D eigenvalue weighted by Crippen LogP contribution is -2.45. The average Bonchev–Trinajstić information content (AvgIpc) is 3.22. The Kier molecular flexibility index (Phi) is 7.24. The molecule has 1 aromatic rings. The number of piperazine rings is 1. The SMILES string of the molecule is Cl.Cl.Fc1ccccc1[C@H](CC1CC1)N1CCNCC1. The van der Waals surface area contributed by atoms with E-state index in [1.54, 1.807) is 12.1 Å². The van der Waals surface area contributed by atoms with Gasteiger partial charge < -0.3 is 5.32 Å². The maximum Gasteiger partial charge on any atom is 0.127 e. The minimum atomic E-state index is -0.0401. The molecule has 1 aromatic carbocycles. The predicted molar refractivity (Wildman–Crippen MR) is 85.4 cm³/mol. The number of hydrogen-bond donors (Lipinski definition) is 1. The van der Waals surface area contributed by atoms with Crippen molar-refractivity contribution in [3.63, 3.8) is 0 Å². The largest absolute Gasteiger partial charge is 0.314 e. The van der Waals surface area contributed by atoms with Gasteiger partial charge in [0, 0.05) is 37.8 Å². The Morgan fingerprint density at radius 2 is 1.80 bits per heavy atom. The van der Waals surface area contributed by atoms with Gasteiger partial charge in [0.1, 0.15) is 5.82 Å². The van der Waals surface area contributed by atoms with Crippen LogP contribution < -0.4 is 5.32 Å². The van der Waals surface area contributed by atoms with Crippen molar-refractivity contribution in [2.75, 3.05) is 26.2 Å². The molecule has 0 radical (unpaired) electrons. The molecule has 2 aliphatic rings. The van der Waals surface area contributed by atoms with Gasteiger partial charge in [0.05, 0.1) is 0 Å². The van der Waals surface area contributed by atoms with E-state index in [0.717, 1.165) is 44.1 Å². The topological polar surface area (TPSA) is 15.3 Å². The zero-order valence-electron chi connectivity index (χ0n) is 11.6. The highest BCUT2D eigenvalue weighted by atomic mass is 35.5. The molecule has 1 saturated heterocycles. The van der Waals surface area contributed by atoms with Crippen molar-refractivity contribution in [3.05, 3.63) is 35.6 Å². The molecule has 20 heavy (non-hydrogen) atoms. The van der Waals surface area contributed by atoms with E-state index < -0.39 is 0 Å². The average molecular weight is 321 g/mol. The van der Waals surface area contributed by atoms with Crippen molar-refractivity contribution < 1.29 is 4.39 Å². The molecule has 2 fully saturated rings. The summed E-state index contributed by atoms with van der Waals surface area (Å²) in [5.41, 5.74) is 0.895. The van der Waals surface area contributed by atoms with Crippen LogP contribution in [0.25, 0.3) is 0 Å². The predicted octanol–water partition coefficient (Wildman–Crippen LogP) is 3.42. The third kappa shape index (κ3) is 4.32. The Hall–Kier alpha value is -0.350. The number of nitrogens with zero attached hydrogens (tertiary/aromatic N) is 1. The second-order valence-corrected chi connectivity index (χ2v) is 5.50. The van der Waals surface area contributed by atoms with Gasteiger partial charge >= 0.3 is 0 Å². The van der Waals surface area contributed by atoms with Crippen molar-refractivity contribution in [3.8, 4) is 0 Å². The molecule has 5 heteroatoms. The number of hydrogen-bond acceptors (Lipinski definition) is 2. The van der Waals surface area contributed by atoms with Crippen LogP contribution in [0.2, 0.25) is 0 Å². The van der Waals surface area contributed by atoms with E-state index in [4.69, 9.17) is 0 Å². The minimum Gasteiger partial charge on any atom is -0.314 e. The van der Waals surface area contributed by atoms with Crippen molar-refractivity contribution in [2.24, 2.45) is 5.92 Å². The summed E-state index contributed by atoms with van der Waals surface area (Å²) < 4.78 is 14.0. The van der Waals surface area contributed by atoms with Gasteiger partial charge in [0.2, 0.25) is 0 Å². The normalized spacial score (nSPS) is 20.6. The van der Waals surface area contributed by atoms with E-state index in [9.17, 15) is 4.39 Å². The van der Waals surface area contributed by atoms with Crippen LogP contribution in [0.1, 0.15) is 30.9 Å². The van der Waals surface area contributed by atoms with Crippen molar-refractivity contribution in [1.29, 1.82) is 0 Å². The van der Waals surface area contributed by atoms with Crippen LogP contribution in [0.4, 0.5) is 4.39 Å². The molecule has 0 aromatic heterocycles. The zero-order valence-corrected chi connectivity index (χ0v) is 13.2. The lowest BCUT2D eigenvalue weighted by atomic mass is 9.98. The first kappa shape index (κ1) is 17.7. The van der Waals surface area contributed by atoms with Crippen LogP contribution in [-0.4, -0.2) is 31.1 Å². The maximum absolute atomic E-state index is 14.0. The molecule has 0 unspecified atom stereocenters. The lowest BCUT2D eigenvalue weighted by molar-refractivity contribution is 0.157. The molecule has 3 rings (SSSR count). The number of halogens is 3. The number of rotatable bonds is 4. The van der Waals surface area contributed by atoms with Crippen molar-refractivity contribution >= 4 is 24.8 Å². The summed E-state index contributed by atoms with van der Waals surface area (Å²) in [6, 6.07) is 7.58. The van der Waals surface area contributed by atoms with Gasteiger partial charge in [-0.1, -0.05) is 31.0 Å². The molecule has 1 atom stereocenters. The molecule has 1 heterocycles. The summed E-state index contributed by atoms with van der Waals surface area (Å²) in [4.78, 5) is 2.45. The van der Waals surface area contributed by atoms with Crippen molar-refractivity contribution in [2.45, 2.75) is 25.3 Å². The van der Waals surface area contributed by atoms with Crippen LogP contribution in [-0.2, 0) is 0 Å². The van der Waals surface area contributed by atoms with E-state index in [0.29, 0.717) is 0 Å². The molecule has 1 aliphatic heterocycles. The van der Waals surface area contributed by atoms with E-state index in [2.05, 4.69) is 10.2 Å². The van der Waals surface area contributed by atoms with Crippen LogP contribution in [0.15, 0.2) is 24.3 Å². The molecule has 1 saturated carbocycles. The second kappa shape index (κ2) is 8.18. The van der Waals surface area contributed by atoms with E-state index in [1.807, 2.05) is 12.1 Å². The summed E-state index contributed by atoms with van der Waals surface area (Å²) >= 11 is 0.